The summed E-state index contributed by atoms with van der Waals surface area (Å²) in [5.41, 5.74) is 6.05. The molecule has 5 heteroatoms. The molecule has 27 heavy (non-hydrogen) atoms. The number of nitro benzene ring substituents is 1. The van der Waals surface area contributed by atoms with Crippen molar-refractivity contribution in [3.05, 3.63) is 104 Å². The van der Waals surface area contributed by atoms with Gasteiger partial charge in [0, 0.05) is 28.2 Å². The standard InChI is InChI=1S/C22H17BrN2O2/c23-15-6-3-5-14(10-15)22-19-11-13-4-1-2-7-17(13)21(19)18-12-16(25(26)27)8-9-20(18)24-22/h1-10,12,19,21-22,24H,11H2/t19-,21+,22+/m1/s1. The van der Waals surface area contributed by atoms with E-state index < -0.39 is 0 Å². The first kappa shape index (κ1) is 16.5. The van der Waals surface area contributed by atoms with Crippen LogP contribution in [0, 0.1) is 16.0 Å². The maximum atomic E-state index is 11.3. The minimum atomic E-state index is -0.309. The van der Waals surface area contributed by atoms with Crippen LogP contribution < -0.4 is 5.32 Å². The van der Waals surface area contributed by atoms with Gasteiger partial charge >= 0.3 is 0 Å². The number of benzene rings is 3. The van der Waals surface area contributed by atoms with Crippen molar-refractivity contribution >= 4 is 27.3 Å². The molecule has 3 aromatic rings. The van der Waals surface area contributed by atoms with E-state index in [9.17, 15) is 10.1 Å². The van der Waals surface area contributed by atoms with Gasteiger partial charge < -0.3 is 5.32 Å². The van der Waals surface area contributed by atoms with Crippen LogP contribution in [-0.4, -0.2) is 4.92 Å². The van der Waals surface area contributed by atoms with E-state index in [4.69, 9.17) is 0 Å². The van der Waals surface area contributed by atoms with E-state index in [0.717, 1.165) is 22.1 Å². The summed E-state index contributed by atoms with van der Waals surface area (Å²) in [6.07, 6.45) is 0.965. The molecule has 134 valence electrons. The molecule has 0 fully saturated rings. The Bertz CT molecular complexity index is 1070. The molecular weight excluding hydrogens is 404 g/mol. The molecule has 0 bridgehead atoms. The lowest BCUT2D eigenvalue weighted by Crippen LogP contribution is -2.30. The van der Waals surface area contributed by atoms with Gasteiger partial charge in [-0.05, 0) is 52.8 Å². The number of nitro groups is 1. The van der Waals surface area contributed by atoms with E-state index in [0.29, 0.717) is 5.92 Å². The van der Waals surface area contributed by atoms with Gasteiger partial charge in [0.25, 0.3) is 5.69 Å². The van der Waals surface area contributed by atoms with Gasteiger partial charge in [-0.2, -0.15) is 0 Å². The summed E-state index contributed by atoms with van der Waals surface area (Å²) in [5.74, 6) is 0.493. The van der Waals surface area contributed by atoms with Crippen LogP contribution in [0.2, 0.25) is 0 Å². The first-order valence-electron chi connectivity index (χ1n) is 9.00. The number of rotatable bonds is 2. The van der Waals surface area contributed by atoms with Crippen LogP contribution in [-0.2, 0) is 6.42 Å². The number of nitrogens with one attached hydrogen (secondary N) is 1. The lowest BCUT2D eigenvalue weighted by molar-refractivity contribution is -0.384. The van der Waals surface area contributed by atoms with Crippen LogP contribution in [0.1, 0.15) is 34.2 Å². The summed E-state index contributed by atoms with van der Waals surface area (Å²) >= 11 is 3.58. The van der Waals surface area contributed by atoms with Crippen molar-refractivity contribution < 1.29 is 4.92 Å². The molecule has 1 aliphatic carbocycles. The summed E-state index contributed by atoms with van der Waals surface area (Å²) in [7, 11) is 0. The Hall–Kier alpha value is -2.66. The van der Waals surface area contributed by atoms with Gasteiger partial charge in [0.2, 0.25) is 0 Å². The second-order valence-electron chi connectivity index (χ2n) is 7.25. The molecule has 0 saturated carbocycles. The topological polar surface area (TPSA) is 55.2 Å². The second kappa shape index (κ2) is 6.20. The predicted molar refractivity (Wildman–Crippen MR) is 109 cm³/mol. The largest absolute Gasteiger partial charge is 0.378 e. The summed E-state index contributed by atoms with van der Waals surface area (Å²) < 4.78 is 1.06. The highest BCUT2D eigenvalue weighted by molar-refractivity contribution is 9.10. The molecule has 0 unspecified atom stereocenters. The van der Waals surface area contributed by atoms with Crippen LogP contribution in [0.25, 0.3) is 0 Å². The normalized spacial score (nSPS) is 22.3. The van der Waals surface area contributed by atoms with E-state index in [1.165, 1.54) is 16.7 Å². The molecule has 0 spiro atoms. The van der Waals surface area contributed by atoms with E-state index >= 15 is 0 Å². The van der Waals surface area contributed by atoms with E-state index in [1.807, 2.05) is 12.1 Å². The fourth-order valence-corrected chi connectivity index (χ4v) is 5.11. The Morgan fingerprint density at radius 1 is 1.00 bits per heavy atom. The lowest BCUT2D eigenvalue weighted by atomic mass is 9.75. The number of halogens is 1. The molecule has 1 N–H and O–H groups in total. The van der Waals surface area contributed by atoms with Gasteiger partial charge in [-0.15, -0.1) is 0 Å². The van der Waals surface area contributed by atoms with Crippen molar-refractivity contribution in [2.45, 2.75) is 18.4 Å². The van der Waals surface area contributed by atoms with Gasteiger partial charge in [-0.1, -0.05) is 52.3 Å². The highest BCUT2D eigenvalue weighted by Crippen LogP contribution is 2.54. The Balaban J connectivity index is 1.69. The second-order valence-corrected chi connectivity index (χ2v) is 8.17. The average molecular weight is 421 g/mol. The van der Waals surface area contributed by atoms with Gasteiger partial charge in [-0.3, -0.25) is 10.1 Å². The Morgan fingerprint density at radius 2 is 1.85 bits per heavy atom. The summed E-state index contributed by atoms with van der Waals surface area (Å²) in [6.45, 7) is 0. The number of fused-ring (bicyclic) bond motifs is 5. The molecule has 4 nitrogen and oxygen atoms in total. The number of anilines is 1. The summed E-state index contributed by atoms with van der Waals surface area (Å²) in [5, 5.41) is 15.0. The van der Waals surface area contributed by atoms with Crippen molar-refractivity contribution in [2.24, 2.45) is 5.92 Å². The number of hydrogen-bond donors (Lipinski definition) is 1. The minimum Gasteiger partial charge on any atom is -0.378 e. The zero-order valence-corrected chi connectivity index (χ0v) is 16.0. The summed E-state index contributed by atoms with van der Waals surface area (Å²) in [4.78, 5) is 11.0. The van der Waals surface area contributed by atoms with Gasteiger partial charge in [-0.25, -0.2) is 0 Å². The highest BCUT2D eigenvalue weighted by atomic mass is 79.9. The predicted octanol–water partition coefficient (Wildman–Crippen LogP) is 5.83. The molecule has 1 aliphatic heterocycles. The number of hydrogen-bond acceptors (Lipinski definition) is 3. The fraction of sp³-hybridized carbons (Fsp3) is 0.182. The van der Waals surface area contributed by atoms with Crippen molar-refractivity contribution in [1.29, 1.82) is 0 Å². The van der Waals surface area contributed by atoms with Crippen LogP contribution in [0.3, 0.4) is 0 Å². The van der Waals surface area contributed by atoms with Crippen molar-refractivity contribution in [3.8, 4) is 0 Å². The monoisotopic (exact) mass is 420 g/mol. The Kier molecular flexibility index (Phi) is 3.79. The molecule has 0 aromatic heterocycles. The van der Waals surface area contributed by atoms with Gasteiger partial charge in [0.1, 0.15) is 0 Å². The van der Waals surface area contributed by atoms with E-state index in [2.05, 4.69) is 63.7 Å². The fourth-order valence-electron chi connectivity index (χ4n) is 4.69. The maximum Gasteiger partial charge on any atom is 0.269 e. The Morgan fingerprint density at radius 3 is 2.67 bits per heavy atom. The highest BCUT2D eigenvalue weighted by Gasteiger charge is 2.43. The molecule has 1 heterocycles. The molecule has 5 rings (SSSR count). The average Bonchev–Trinajstić information content (AvgIpc) is 3.06. The van der Waals surface area contributed by atoms with E-state index in [-0.39, 0.29) is 22.6 Å². The zero-order chi connectivity index (χ0) is 18.5. The SMILES string of the molecule is O=[N+]([O-])c1ccc2c(c1)[C@@H]1c3ccccc3C[C@H]1[C@H](c1cccc(Br)c1)N2. The minimum absolute atomic E-state index is 0.152. The van der Waals surface area contributed by atoms with Crippen molar-refractivity contribution in [2.75, 3.05) is 5.32 Å². The zero-order valence-electron chi connectivity index (χ0n) is 14.4. The van der Waals surface area contributed by atoms with Gasteiger partial charge in [0.05, 0.1) is 11.0 Å². The van der Waals surface area contributed by atoms with Crippen LogP contribution >= 0.6 is 15.9 Å². The quantitative estimate of drug-likeness (QED) is 0.419. The first-order chi connectivity index (χ1) is 13.1. The number of non-ortho nitro benzene ring substituents is 1. The third kappa shape index (κ3) is 2.65. The summed E-state index contributed by atoms with van der Waals surface area (Å²) in [6, 6.07) is 22.3. The molecule has 3 atom stereocenters. The third-order valence-corrected chi connectivity index (χ3v) is 6.30. The Labute approximate surface area is 165 Å². The molecule has 0 saturated heterocycles. The lowest BCUT2D eigenvalue weighted by Gasteiger charge is -2.38. The molecule has 0 radical (unpaired) electrons. The van der Waals surface area contributed by atoms with Crippen LogP contribution in [0.5, 0.6) is 0 Å². The third-order valence-electron chi connectivity index (χ3n) is 5.80. The van der Waals surface area contributed by atoms with Crippen LogP contribution in [0.15, 0.2) is 71.2 Å². The molecule has 2 aliphatic rings. The van der Waals surface area contributed by atoms with Gasteiger partial charge in [0.15, 0.2) is 0 Å². The first-order valence-corrected chi connectivity index (χ1v) is 9.79. The van der Waals surface area contributed by atoms with E-state index in [1.54, 1.807) is 12.1 Å². The molecule has 3 aromatic carbocycles. The smallest absolute Gasteiger partial charge is 0.269 e. The number of nitrogens with zero attached hydrogens (tertiary/aromatic N) is 1. The maximum absolute atomic E-state index is 11.3. The van der Waals surface area contributed by atoms with Crippen LogP contribution in [0.4, 0.5) is 11.4 Å². The van der Waals surface area contributed by atoms with Crippen molar-refractivity contribution in [3.63, 3.8) is 0 Å². The molecular formula is C22H17BrN2O2. The molecule has 0 amide bonds. The van der Waals surface area contributed by atoms with Crippen molar-refractivity contribution in [1.82, 2.24) is 0 Å².